The first-order valence-electron chi connectivity index (χ1n) is 8.25. The van der Waals surface area contributed by atoms with E-state index in [0.29, 0.717) is 18.8 Å². The minimum Gasteiger partial charge on any atom is -0.393 e. The fourth-order valence-corrected chi connectivity index (χ4v) is 3.13. The Hall–Kier alpha value is -1.96. The van der Waals surface area contributed by atoms with E-state index in [2.05, 4.69) is 15.0 Å². The van der Waals surface area contributed by atoms with E-state index in [0.717, 1.165) is 42.0 Å². The largest absolute Gasteiger partial charge is 0.393 e. The molecule has 2 aromatic rings. The molecule has 0 fully saturated rings. The summed E-state index contributed by atoms with van der Waals surface area (Å²) in [5, 5.41) is 23.2. The van der Waals surface area contributed by atoms with Crippen molar-refractivity contribution in [1.29, 1.82) is 0 Å². The highest BCUT2D eigenvalue weighted by atomic mass is 16.3. The van der Waals surface area contributed by atoms with Crippen molar-refractivity contribution in [2.45, 2.75) is 46.0 Å². The molecule has 0 unspecified atom stereocenters. The van der Waals surface area contributed by atoms with Gasteiger partial charge in [-0.15, -0.1) is 0 Å². The highest BCUT2D eigenvalue weighted by Gasteiger charge is 2.20. The molecule has 1 aliphatic rings. The summed E-state index contributed by atoms with van der Waals surface area (Å²) in [6, 6.07) is 1.85. The predicted molar refractivity (Wildman–Crippen MR) is 89.5 cm³/mol. The molecular weight excluding hydrogens is 308 g/mol. The van der Waals surface area contributed by atoms with Gasteiger partial charge in [0.2, 0.25) is 0 Å². The molecule has 0 aromatic carbocycles. The molecule has 0 spiro atoms. The second-order valence-electron chi connectivity index (χ2n) is 6.45. The van der Waals surface area contributed by atoms with Gasteiger partial charge < -0.3 is 15.2 Å². The third-order valence-corrected chi connectivity index (χ3v) is 4.62. The normalized spacial score (nSPS) is 16.7. The summed E-state index contributed by atoms with van der Waals surface area (Å²) in [5.41, 5.74) is 4.06. The van der Waals surface area contributed by atoms with Crippen molar-refractivity contribution in [2.75, 3.05) is 13.2 Å². The monoisotopic (exact) mass is 332 g/mol. The summed E-state index contributed by atoms with van der Waals surface area (Å²) >= 11 is 0. The van der Waals surface area contributed by atoms with Gasteiger partial charge in [0.05, 0.1) is 18.0 Å². The number of nitrogens with zero attached hydrogens (tertiary/aromatic N) is 3. The Morgan fingerprint density at radius 2 is 2.17 bits per heavy atom. The highest BCUT2D eigenvalue weighted by Crippen LogP contribution is 2.19. The lowest BCUT2D eigenvalue weighted by Crippen LogP contribution is -2.25. The number of nitrogens with one attached hydrogen (secondary N) is 1. The van der Waals surface area contributed by atoms with Gasteiger partial charge in [0.1, 0.15) is 6.10 Å². The number of aromatic nitrogens is 3. The molecule has 3 heterocycles. The quantitative estimate of drug-likeness (QED) is 0.763. The van der Waals surface area contributed by atoms with E-state index in [-0.39, 0.29) is 12.0 Å². The maximum atomic E-state index is 12.1. The lowest BCUT2D eigenvalue weighted by atomic mass is 10.1. The number of rotatable bonds is 4. The molecule has 0 saturated heterocycles. The van der Waals surface area contributed by atoms with Crippen LogP contribution in [0.15, 0.2) is 17.1 Å². The number of fused-ring (bicyclic) bond motifs is 1. The molecular formula is C17H24N4O3. The van der Waals surface area contributed by atoms with Gasteiger partial charge in [0, 0.05) is 49.2 Å². The van der Waals surface area contributed by atoms with Crippen LogP contribution in [0.3, 0.4) is 0 Å². The molecule has 0 saturated carbocycles. The minimum atomic E-state index is -0.937. The molecule has 1 aliphatic heterocycles. The summed E-state index contributed by atoms with van der Waals surface area (Å²) < 4.78 is 1.90. The number of aliphatic hydroxyl groups excluding tert-OH is 2. The van der Waals surface area contributed by atoms with Crippen LogP contribution in [0.2, 0.25) is 0 Å². The third-order valence-electron chi connectivity index (χ3n) is 4.62. The second-order valence-corrected chi connectivity index (χ2v) is 6.45. The summed E-state index contributed by atoms with van der Waals surface area (Å²) in [7, 11) is 0. The van der Waals surface area contributed by atoms with E-state index in [1.807, 2.05) is 24.6 Å². The van der Waals surface area contributed by atoms with Crippen molar-refractivity contribution < 1.29 is 10.2 Å². The van der Waals surface area contributed by atoms with Crippen molar-refractivity contribution in [2.24, 2.45) is 0 Å². The molecule has 0 radical (unpaired) electrons. The topological polar surface area (TPSA) is 94.4 Å². The molecule has 0 amide bonds. The van der Waals surface area contributed by atoms with Crippen LogP contribution in [-0.4, -0.2) is 43.0 Å². The highest BCUT2D eigenvalue weighted by molar-refractivity contribution is 5.23. The fraction of sp³-hybridized carbons (Fsp3) is 0.529. The Labute approximate surface area is 140 Å². The van der Waals surface area contributed by atoms with Crippen LogP contribution in [0.4, 0.5) is 0 Å². The number of pyridine rings is 1. The SMILES string of the molecule is Cc1c[nH]c(CN2CCCn3nc([C@@H](O)CO)cc3C2)c(C)c1=O. The van der Waals surface area contributed by atoms with E-state index in [4.69, 9.17) is 5.11 Å². The Morgan fingerprint density at radius 3 is 2.92 bits per heavy atom. The Morgan fingerprint density at radius 1 is 1.38 bits per heavy atom. The Kier molecular flexibility index (Phi) is 4.84. The lowest BCUT2D eigenvalue weighted by Gasteiger charge is -2.20. The van der Waals surface area contributed by atoms with Gasteiger partial charge in [0.25, 0.3) is 0 Å². The summed E-state index contributed by atoms with van der Waals surface area (Å²) in [5.74, 6) is 0. The minimum absolute atomic E-state index is 0.0944. The van der Waals surface area contributed by atoms with E-state index in [9.17, 15) is 9.90 Å². The maximum absolute atomic E-state index is 12.1. The third kappa shape index (κ3) is 3.28. The number of hydrogen-bond donors (Lipinski definition) is 3. The van der Waals surface area contributed by atoms with Crippen LogP contribution in [0, 0.1) is 13.8 Å². The molecule has 24 heavy (non-hydrogen) atoms. The zero-order valence-corrected chi connectivity index (χ0v) is 14.1. The molecule has 7 heteroatoms. The van der Waals surface area contributed by atoms with E-state index < -0.39 is 6.10 Å². The zero-order valence-electron chi connectivity index (χ0n) is 14.1. The maximum Gasteiger partial charge on any atom is 0.187 e. The van der Waals surface area contributed by atoms with Gasteiger partial charge in [-0.25, -0.2) is 0 Å². The van der Waals surface area contributed by atoms with E-state index >= 15 is 0 Å². The average molecular weight is 332 g/mol. The van der Waals surface area contributed by atoms with E-state index in [1.54, 1.807) is 6.20 Å². The molecule has 0 aliphatic carbocycles. The molecule has 0 bridgehead atoms. The van der Waals surface area contributed by atoms with Gasteiger partial charge >= 0.3 is 0 Å². The molecule has 3 rings (SSSR count). The van der Waals surface area contributed by atoms with Crippen LogP contribution in [0.1, 0.15) is 40.7 Å². The summed E-state index contributed by atoms with van der Waals surface area (Å²) in [4.78, 5) is 17.6. The Balaban J connectivity index is 1.80. The number of aryl methyl sites for hydroxylation is 2. The van der Waals surface area contributed by atoms with Crippen LogP contribution >= 0.6 is 0 Å². The number of aromatic amines is 1. The number of H-pyrrole nitrogens is 1. The average Bonchev–Trinajstić information content (AvgIpc) is 2.88. The van der Waals surface area contributed by atoms with Gasteiger partial charge in [-0.2, -0.15) is 5.10 Å². The van der Waals surface area contributed by atoms with Crippen molar-refractivity contribution in [3.63, 3.8) is 0 Å². The molecule has 7 nitrogen and oxygen atoms in total. The van der Waals surface area contributed by atoms with Gasteiger partial charge in [-0.3, -0.25) is 14.4 Å². The molecule has 1 atom stereocenters. The first-order chi connectivity index (χ1) is 11.5. The first-order valence-corrected chi connectivity index (χ1v) is 8.25. The lowest BCUT2D eigenvalue weighted by molar-refractivity contribution is 0.0916. The molecule has 3 N–H and O–H groups in total. The Bertz CT molecular complexity index is 781. The number of hydrogen-bond acceptors (Lipinski definition) is 5. The zero-order chi connectivity index (χ0) is 17.3. The van der Waals surface area contributed by atoms with Crippen LogP contribution < -0.4 is 5.43 Å². The fourth-order valence-electron chi connectivity index (χ4n) is 3.13. The number of aliphatic hydroxyl groups is 2. The van der Waals surface area contributed by atoms with Gasteiger partial charge in [0.15, 0.2) is 5.43 Å². The van der Waals surface area contributed by atoms with Crippen LogP contribution in [0.25, 0.3) is 0 Å². The second kappa shape index (κ2) is 6.88. The van der Waals surface area contributed by atoms with Crippen molar-refractivity contribution in [3.05, 3.63) is 50.7 Å². The standard InChI is InChI=1S/C17H24N4O3/c1-11-7-18-15(12(2)17(11)24)9-20-4-3-5-21-13(8-20)6-14(19-21)16(23)10-22/h6-7,16,22-23H,3-5,8-10H2,1-2H3,(H,18,24)/t16-/m0/s1. The van der Waals surface area contributed by atoms with Crippen molar-refractivity contribution >= 4 is 0 Å². The van der Waals surface area contributed by atoms with Gasteiger partial charge in [-0.05, 0) is 26.3 Å². The van der Waals surface area contributed by atoms with Gasteiger partial charge in [-0.1, -0.05) is 0 Å². The van der Waals surface area contributed by atoms with Crippen LogP contribution in [-0.2, 0) is 19.6 Å². The van der Waals surface area contributed by atoms with Crippen molar-refractivity contribution in [1.82, 2.24) is 19.7 Å². The summed E-state index contributed by atoms with van der Waals surface area (Å²) in [6.45, 7) is 6.41. The van der Waals surface area contributed by atoms with Crippen LogP contribution in [0.5, 0.6) is 0 Å². The molecule has 130 valence electrons. The predicted octanol–water partition coefficient (Wildman–Crippen LogP) is 0.620. The first kappa shape index (κ1) is 16.9. The molecule has 2 aromatic heterocycles. The smallest absolute Gasteiger partial charge is 0.187 e. The van der Waals surface area contributed by atoms with Crippen molar-refractivity contribution in [3.8, 4) is 0 Å². The van der Waals surface area contributed by atoms with E-state index in [1.165, 1.54) is 0 Å². The summed E-state index contributed by atoms with van der Waals surface area (Å²) in [6.07, 6.45) is 1.77.